The van der Waals surface area contributed by atoms with Gasteiger partial charge in [-0.05, 0) is 86.1 Å². The van der Waals surface area contributed by atoms with Crippen molar-refractivity contribution in [3.63, 3.8) is 0 Å². The summed E-state index contributed by atoms with van der Waals surface area (Å²) < 4.78 is 0. The van der Waals surface area contributed by atoms with Crippen LogP contribution in [0.3, 0.4) is 0 Å². The summed E-state index contributed by atoms with van der Waals surface area (Å²) in [5.41, 5.74) is 5.71. The van der Waals surface area contributed by atoms with Gasteiger partial charge in [0, 0.05) is 24.2 Å². The molecule has 0 bridgehead atoms. The van der Waals surface area contributed by atoms with Crippen LogP contribution in [0.1, 0.15) is 51.9 Å². The van der Waals surface area contributed by atoms with Crippen LogP contribution in [-0.4, -0.2) is 28.9 Å². The Bertz CT molecular complexity index is 1010. The van der Waals surface area contributed by atoms with Crippen LogP contribution >= 0.6 is 0 Å². The van der Waals surface area contributed by atoms with Crippen molar-refractivity contribution in [3.8, 4) is 0 Å². The number of hydrogen-bond acceptors (Lipinski definition) is 4. The lowest BCUT2D eigenvalue weighted by Crippen LogP contribution is -2.48. The van der Waals surface area contributed by atoms with Crippen LogP contribution in [0.2, 0.25) is 0 Å². The molecule has 1 atom stereocenters. The van der Waals surface area contributed by atoms with Gasteiger partial charge in [0.05, 0.1) is 5.69 Å². The number of carbonyl (C=O) groups excluding carboxylic acids is 1. The monoisotopic (exact) mass is 360 g/mol. The van der Waals surface area contributed by atoms with Gasteiger partial charge in [-0.15, -0.1) is 0 Å². The van der Waals surface area contributed by atoms with Gasteiger partial charge >= 0.3 is 0 Å². The average molecular weight is 360 g/mol. The Labute approximate surface area is 159 Å². The zero-order valence-electron chi connectivity index (χ0n) is 15.9. The van der Waals surface area contributed by atoms with Gasteiger partial charge in [0.25, 0.3) is 0 Å². The molecule has 0 unspecified atom stereocenters. The predicted octanol–water partition coefficient (Wildman–Crippen LogP) is 4.05. The Morgan fingerprint density at radius 3 is 2.59 bits per heavy atom. The molecule has 2 aromatic carbocycles. The van der Waals surface area contributed by atoms with Gasteiger partial charge in [0.1, 0.15) is 5.84 Å². The van der Waals surface area contributed by atoms with E-state index in [4.69, 9.17) is 4.99 Å². The van der Waals surface area contributed by atoms with Crippen LogP contribution in [0.25, 0.3) is 0 Å². The summed E-state index contributed by atoms with van der Waals surface area (Å²) in [6.45, 7) is 4.61. The van der Waals surface area contributed by atoms with Crippen molar-refractivity contribution in [3.05, 3.63) is 58.1 Å². The van der Waals surface area contributed by atoms with Crippen LogP contribution in [0.5, 0.6) is 0 Å². The zero-order chi connectivity index (χ0) is 18.8. The molecule has 27 heavy (non-hydrogen) atoms. The van der Waals surface area contributed by atoms with Crippen LogP contribution in [0.15, 0.2) is 35.3 Å². The first kappa shape index (κ1) is 16.7. The Balaban J connectivity index is 1.62. The summed E-state index contributed by atoms with van der Waals surface area (Å²) in [5.74, 6) is 0.269. The molecule has 1 N–H and O–H groups in total. The molecule has 138 valence electrons. The van der Waals surface area contributed by atoms with Gasteiger partial charge in [-0.1, -0.05) is 6.07 Å². The molecule has 4 heteroatoms. The molecule has 1 aliphatic carbocycles. The Morgan fingerprint density at radius 1 is 1.04 bits per heavy atom. The second kappa shape index (κ2) is 5.77. The third-order valence-electron chi connectivity index (χ3n) is 6.43. The number of rotatable bonds is 1. The molecule has 3 aliphatic rings. The van der Waals surface area contributed by atoms with Crippen molar-refractivity contribution < 1.29 is 9.90 Å². The first-order chi connectivity index (χ1) is 13.0. The van der Waals surface area contributed by atoms with Crippen LogP contribution in [0, 0.1) is 13.8 Å². The van der Waals surface area contributed by atoms with E-state index in [2.05, 4.69) is 18.2 Å². The maximum atomic E-state index is 13.1. The summed E-state index contributed by atoms with van der Waals surface area (Å²) >= 11 is 0. The van der Waals surface area contributed by atoms with Gasteiger partial charge in [-0.2, -0.15) is 0 Å². The number of amidine groups is 1. The highest BCUT2D eigenvalue weighted by Gasteiger charge is 2.52. The van der Waals surface area contributed by atoms with Crippen LogP contribution < -0.4 is 4.90 Å². The molecule has 0 saturated carbocycles. The fourth-order valence-corrected chi connectivity index (χ4v) is 4.63. The molecule has 0 aromatic heterocycles. The maximum Gasteiger partial charge on any atom is 0.204 e. The number of carbonyl (C=O) groups is 1. The quantitative estimate of drug-likeness (QED) is 0.835. The number of aryl methyl sites for hydroxylation is 4. The molecule has 2 heterocycles. The number of ketones is 1. The summed E-state index contributed by atoms with van der Waals surface area (Å²) in [4.78, 5) is 19.9. The van der Waals surface area contributed by atoms with Crippen LogP contribution in [-0.2, 0) is 12.8 Å². The normalized spacial score (nSPS) is 23.6. The number of benzene rings is 2. The highest BCUT2D eigenvalue weighted by molar-refractivity contribution is 6.28. The fraction of sp³-hybridized carbons (Fsp3) is 0.391. The lowest BCUT2D eigenvalue weighted by Gasteiger charge is -2.30. The minimum atomic E-state index is -1.51. The number of fused-ring (bicyclic) bond motifs is 3. The largest absolute Gasteiger partial charge is 0.374 e. The molecule has 0 amide bonds. The second-order valence-corrected chi connectivity index (χ2v) is 8.14. The maximum absolute atomic E-state index is 13.1. The van der Waals surface area contributed by atoms with Gasteiger partial charge in [-0.3, -0.25) is 4.79 Å². The lowest BCUT2D eigenvalue weighted by molar-refractivity contribution is 0.0602. The summed E-state index contributed by atoms with van der Waals surface area (Å²) in [6.07, 6.45) is 5.12. The Kier molecular flexibility index (Phi) is 3.57. The van der Waals surface area contributed by atoms with Crippen LogP contribution in [0.4, 0.5) is 11.4 Å². The second-order valence-electron chi connectivity index (χ2n) is 8.14. The summed E-state index contributed by atoms with van der Waals surface area (Å²) in [7, 11) is 0. The molecule has 2 aromatic rings. The number of aliphatic hydroxyl groups is 1. The van der Waals surface area contributed by atoms with E-state index in [0.717, 1.165) is 29.7 Å². The highest BCUT2D eigenvalue weighted by atomic mass is 16.3. The van der Waals surface area contributed by atoms with Gasteiger partial charge in [0.15, 0.2) is 5.60 Å². The van der Waals surface area contributed by atoms with E-state index < -0.39 is 5.60 Å². The number of aliphatic imine (C=N–C) groups is 1. The molecule has 1 saturated heterocycles. The van der Waals surface area contributed by atoms with Gasteiger partial charge in [-0.25, -0.2) is 4.99 Å². The van der Waals surface area contributed by atoms with E-state index in [-0.39, 0.29) is 5.78 Å². The fourth-order valence-electron chi connectivity index (χ4n) is 4.63. The van der Waals surface area contributed by atoms with Gasteiger partial charge in [0.2, 0.25) is 5.78 Å². The first-order valence-corrected chi connectivity index (χ1v) is 9.84. The summed E-state index contributed by atoms with van der Waals surface area (Å²) in [5, 5.41) is 11.2. The van der Waals surface area contributed by atoms with Crippen molar-refractivity contribution in [2.24, 2.45) is 4.99 Å². The molecule has 5 rings (SSSR count). The third-order valence-corrected chi connectivity index (χ3v) is 6.43. The minimum Gasteiger partial charge on any atom is -0.374 e. The van der Waals surface area contributed by atoms with Crippen molar-refractivity contribution in [1.82, 2.24) is 0 Å². The lowest BCUT2D eigenvalue weighted by atomic mass is 9.86. The van der Waals surface area contributed by atoms with Crippen molar-refractivity contribution >= 4 is 23.0 Å². The molecular formula is C23H24N2O2. The zero-order valence-corrected chi connectivity index (χ0v) is 15.9. The third kappa shape index (κ3) is 2.39. The SMILES string of the molecule is Cc1cc2c(cc1C)C(=O)[C@]1(O)CCN(c3ccc4c(c3)CCCC4)C1=N2. The van der Waals surface area contributed by atoms with E-state index >= 15 is 0 Å². The molecule has 4 nitrogen and oxygen atoms in total. The Morgan fingerprint density at radius 2 is 1.78 bits per heavy atom. The topological polar surface area (TPSA) is 52.9 Å². The van der Waals surface area contributed by atoms with Crippen molar-refractivity contribution in [1.29, 1.82) is 0 Å². The highest BCUT2D eigenvalue weighted by Crippen LogP contribution is 2.41. The molecule has 2 aliphatic heterocycles. The van der Waals surface area contributed by atoms with Gasteiger partial charge < -0.3 is 10.0 Å². The number of Topliss-reactive ketones (excluding diaryl/α,β-unsaturated/α-hetero) is 1. The smallest absolute Gasteiger partial charge is 0.204 e. The molecule has 0 spiro atoms. The van der Waals surface area contributed by atoms with E-state index in [1.165, 1.54) is 24.0 Å². The van der Waals surface area contributed by atoms with Crippen molar-refractivity contribution in [2.75, 3.05) is 11.4 Å². The minimum absolute atomic E-state index is 0.217. The number of anilines is 1. The van der Waals surface area contributed by atoms with E-state index in [1.54, 1.807) is 0 Å². The van der Waals surface area contributed by atoms with Crippen molar-refractivity contribution in [2.45, 2.75) is 51.6 Å². The molecule has 1 fully saturated rings. The Hall–Kier alpha value is -2.46. The number of nitrogens with zero attached hydrogens (tertiary/aromatic N) is 2. The average Bonchev–Trinajstić information content (AvgIpc) is 3.01. The predicted molar refractivity (Wildman–Crippen MR) is 107 cm³/mol. The molecule has 0 radical (unpaired) electrons. The number of hydrogen-bond donors (Lipinski definition) is 1. The van der Waals surface area contributed by atoms with E-state index in [0.29, 0.717) is 30.1 Å². The standard InChI is InChI=1S/C23H24N2O2/c1-14-11-19-20(12-15(14)2)24-22-23(27,21(19)26)9-10-25(22)18-8-7-16-5-3-4-6-17(16)13-18/h7-8,11-13,27H,3-6,9-10H2,1-2H3/t23-/m1/s1. The molecular weight excluding hydrogens is 336 g/mol. The summed E-state index contributed by atoms with van der Waals surface area (Å²) in [6, 6.07) is 10.4. The first-order valence-electron chi connectivity index (χ1n) is 9.84. The van der Waals surface area contributed by atoms with E-state index in [1.807, 2.05) is 30.9 Å². The van der Waals surface area contributed by atoms with E-state index in [9.17, 15) is 9.90 Å².